The van der Waals surface area contributed by atoms with E-state index in [1.807, 2.05) is 36.1 Å². The van der Waals surface area contributed by atoms with Crippen molar-refractivity contribution >= 4 is 15.8 Å². The third kappa shape index (κ3) is 4.33. The predicted molar refractivity (Wildman–Crippen MR) is 119 cm³/mol. The third-order valence-electron chi connectivity index (χ3n) is 5.32. The second-order valence-electron chi connectivity index (χ2n) is 7.34. The maximum atomic E-state index is 12.9. The molecule has 2 heterocycles. The minimum atomic E-state index is -3.58. The van der Waals surface area contributed by atoms with Gasteiger partial charge in [-0.3, -0.25) is 4.79 Å². The molecule has 1 aliphatic rings. The van der Waals surface area contributed by atoms with Gasteiger partial charge in [-0.05, 0) is 49.4 Å². The topological polar surface area (TPSA) is 84.7 Å². The van der Waals surface area contributed by atoms with Gasteiger partial charge in [0.2, 0.25) is 10.0 Å². The number of piperazine rings is 1. The van der Waals surface area contributed by atoms with Crippen LogP contribution >= 0.6 is 0 Å². The number of hydrogen-bond donors (Lipinski definition) is 0. The Kier molecular flexibility index (Phi) is 5.79. The zero-order chi connectivity index (χ0) is 22.0. The molecule has 0 radical (unpaired) electrons. The molecule has 0 spiro atoms. The summed E-state index contributed by atoms with van der Waals surface area (Å²) in [4.78, 5) is 14.5. The van der Waals surface area contributed by atoms with E-state index in [4.69, 9.17) is 4.74 Å². The Morgan fingerprint density at radius 1 is 0.871 bits per heavy atom. The Morgan fingerprint density at radius 2 is 1.52 bits per heavy atom. The summed E-state index contributed by atoms with van der Waals surface area (Å²) in [5.41, 5.74) is 1.58. The Bertz CT molecular complexity index is 1210. The molecule has 0 aliphatic carbocycles. The SMILES string of the molecule is COc1ccc(S(=O)(=O)N2CCN(c3ccc(=O)n(-c4ccc(C)cc4)n3)CC2)cc1. The molecule has 31 heavy (non-hydrogen) atoms. The first-order valence-electron chi connectivity index (χ1n) is 9.95. The smallest absolute Gasteiger partial charge is 0.271 e. The van der Waals surface area contributed by atoms with E-state index in [2.05, 4.69) is 5.10 Å². The van der Waals surface area contributed by atoms with Gasteiger partial charge in [0.25, 0.3) is 5.56 Å². The number of sulfonamides is 1. The summed E-state index contributed by atoms with van der Waals surface area (Å²) in [7, 11) is -2.04. The van der Waals surface area contributed by atoms with E-state index in [0.717, 1.165) is 5.56 Å². The lowest BCUT2D eigenvalue weighted by atomic mass is 10.2. The molecule has 0 saturated carbocycles. The average Bonchev–Trinajstić information content (AvgIpc) is 2.80. The molecule has 1 fully saturated rings. The Hall–Kier alpha value is -3.17. The number of nitrogens with zero attached hydrogens (tertiary/aromatic N) is 4. The van der Waals surface area contributed by atoms with Crippen molar-refractivity contribution in [3.63, 3.8) is 0 Å². The van der Waals surface area contributed by atoms with Crippen molar-refractivity contribution in [1.82, 2.24) is 14.1 Å². The molecule has 9 heteroatoms. The lowest BCUT2D eigenvalue weighted by Gasteiger charge is -2.34. The standard InChI is InChI=1S/C22H24N4O4S/c1-17-3-5-18(6-4-17)26-22(27)12-11-21(23-26)24-13-15-25(16-14-24)31(28,29)20-9-7-19(30-2)8-10-20/h3-12H,13-16H2,1-2H3. The Morgan fingerprint density at radius 3 is 2.13 bits per heavy atom. The fourth-order valence-corrected chi connectivity index (χ4v) is 4.92. The lowest BCUT2D eigenvalue weighted by Crippen LogP contribution is -2.49. The molecule has 2 aromatic carbocycles. The summed E-state index contributed by atoms with van der Waals surface area (Å²) in [5, 5.41) is 4.51. The highest BCUT2D eigenvalue weighted by molar-refractivity contribution is 7.89. The number of ether oxygens (including phenoxy) is 1. The van der Waals surface area contributed by atoms with Crippen molar-refractivity contribution in [3.05, 3.63) is 76.6 Å². The van der Waals surface area contributed by atoms with Crippen molar-refractivity contribution in [1.29, 1.82) is 0 Å². The number of hydrogen-bond acceptors (Lipinski definition) is 6. The van der Waals surface area contributed by atoms with Gasteiger partial charge in [0.05, 0.1) is 17.7 Å². The average molecular weight is 441 g/mol. The molecule has 0 unspecified atom stereocenters. The van der Waals surface area contributed by atoms with E-state index in [0.29, 0.717) is 43.4 Å². The first-order valence-corrected chi connectivity index (χ1v) is 11.4. The normalized spacial score (nSPS) is 15.1. The molecule has 3 aromatic rings. The third-order valence-corrected chi connectivity index (χ3v) is 7.24. The van der Waals surface area contributed by atoms with Crippen LogP contribution in [0.3, 0.4) is 0 Å². The number of aryl methyl sites for hydroxylation is 1. The van der Waals surface area contributed by atoms with Crippen molar-refractivity contribution in [2.75, 3.05) is 38.2 Å². The van der Waals surface area contributed by atoms with Crippen LogP contribution in [0.4, 0.5) is 5.82 Å². The van der Waals surface area contributed by atoms with Crippen LogP contribution in [0.5, 0.6) is 5.75 Å². The first kappa shape index (κ1) is 21.1. The lowest BCUT2D eigenvalue weighted by molar-refractivity contribution is 0.383. The number of anilines is 1. The Balaban J connectivity index is 1.50. The molecular formula is C22H24N4O4S. The molecular weight excluding hydrogens is 416 g/mol. The molecule has 162 valence electrons. The van der Waals surface area contributed by atoms with Crippen molar-refractivity contribution in [3.8, 4) is 11.4 Å². The molecule has 0 atom stereocenters. The molecule has 0 amide bonds. The van der Waals surface area contributed by atoms with Crippen molar-refractivity contribution in [2.45, 2.75) is 11.8 Å². The summed E-state index contributed by atoms with van der Waals surface area (Å²) < 4.78 is 33.8. The van der Waals surface area contributed by atoms with Gasteiger partial charge in [0.15, 0.2) is 0 Å². The van der Waals surface area contributed by atoms with E-state index in [-0.39, 0.29) is 10.5 Å². The second kappa shape index (κ2) is 8.52. The van der Waals surface area contributed by atoms with E-state index < -0.39 is 10.0 Å². The first-order chi connectivity index (χ1) is 14.9. The largest absolute Gasteiger partial charge is 0.497 e. The maximum absolute atomic E-state index is 12.9. The summed E-state index contributed by atoms with van der Waals surface area (Å²) in [5.74, 6) is 1.25. The van der Waals surface area contributed by atoms with Crippen LogP contribution in [0.2, 0.25) is 0 Å². The van der Waals surface area contributed by atoms with Crippen LogP contribution in [0.25, 0.3) is 5.69 Å². The van der Waals surface area contributed by atoms with E-state index >= 15 is 0 Å². The van der Waals surface area contributed by atoms with Crippen LogP contribution in [-0.2, 0) is 10.0 Å². The Labute approximate surface area is 181 Å². The van der Waals surface area contributed by atoms with Crippen LogP contribution < -0.4 is 15.2 Å². The van der Waals surface area contributed by atoms with E-state index in [1.165, 1.54) is 15.1 Å². The van der Waals surface area contributed by atoms with Gasteiger partial charge in [-0.2, -0.15) is 8.99 Å². The molecule has 4 rings (SSSR count). The van der Waals surface area contributed by atoms with Gasteiger partial charge in [0.1, 0.15) is 11.6 Å². The highest BCUT2D eigenvalue weighted by Gasteiger charge is 2.29. The van der Waals surface area contributed by atoms with Gasteiger partial charge < -0.3 is 9.64 Å². The van der Waals surface area contributed by atoms with Gasteiger partial charge in [0, 0.05) is 32.2 Å². The van der Waals surface area contributed by atoms with Crippen molar-refractivity contribution < 1.29 is 13.2 Å². The molecule has 1 aliphatic heterocycles. The van der Waals surface area contributed by atoms with Gasteiger partial charge in [-0.15, -0.1) is 5.10 Å². The molecule has 8 nitrogen and oxygen atoms in total. The zero-order valence-electron chi connectivity index (χ0n) is 17.4. The van der Waals surface area contributed by atoms with Crippen LogP contribution in [0.1, 0.15) is 5.56 Å². The van der Waals surface area contributed by atoms with Crippen LogP contribution in [0.15, 0.2) is 70.4 Å². The highest BCUT2D eigenvalue weighted by atomic mass is 32.2. The molecule has 0 bridgehead atoms. The predicted octanol–water partition coefficient (Wildman–Crippen LogP) is 2.06. The van der Waals surface area contributed by atoms with Gasteiger partial charge in [-0.25, -0.2) is 8.42 Å². The highest BCUT2D eigenvalue weighted by Crippen LogP contribution is 2.22. The number of aromatic nitrogens is 2. The van der Waals surface area contributed by atoms with E-state index in [9.17, 15) is 13.2 Å². The number of methoxy groups -OCH3 is 1. The summed E-state index contributed by atoms with van der Waals surface area (Å²) in [6, 6.07) is 17.1. The monoisotopic (exact) mass is 440 g/mol. The van der Waals surface area contributed by atoms with Crippen LogP contribution in [-0.4, -0.2) is 55.8 Å². The minimum Gasteiger partial charge on any atom is -0.497 e. The zero-order valence-corrected chi connectivity index (χ0v) is 18.2. The maximum Gasteiger partial charge on any atom is 0.271 e. The summed E-state index contributed by atoms with van der Waals surface area (Å²) >= 11 is 0. The fraction of sp³-hybridized carbons (Fsp3) is 0.273. The van der Waals surface area contributed by atoms with Gasteiger partial charge >= 0.3 is 0 Å². The van der Waals surface area contributed by atoms with Crippen molar-refractivity contribution in [2.24, 2.45) is 0 Å². The molecule has 1 aromatic heterocycles. The summed E-state index contributed by atoms with van der Waals surface area (Å²) in [6.45, 7) is 3.61. The quantitative estimate of drug-likeness (QED) is 0.604. The number of rotatable bonds is 5. The molecule has 1 saturated heterocycles. The van der Waals surface area contributed by atoms with Gasteiger partial charge in [-0.1, -0.05) is 17.7 Å². The molecule has 0 N–H and O–H groups in total. The summed E-state index contributed by atoms with van der Waals surface area (Å²) in [6.07, 6.45) is 0. The number of benzene rings is 2. The second-order valence-corrected chi connectivity index (χ2v) is 9.28. The van der Waals surface area contributed by atoms with Crippen LogP contribution in [0, 0.1) is 6.92 Å². The van der Waals surface area contributed by atoms with E-state index in [1.54, 1.807) is 37.4 Å². The fourth-order valence-electron chi connectivity index (χ4n) is 3.50. The minimum absolute atomic E-state index is 0.215.